The summed E-state index contributed by atoms with van der Waals surface area (Å²) >= 11 is 0. The van der Waals surface area contributed by atoms with E-state index in [1.165, 1.54) is 5.56 Å². The lowest BCUT2D eigenvalue weighted by Crippen LogP contribution is -1.89. The maximum absolute atomic E-state index is 8.74. The summed E-state index contributed by atoms with van der Waals surface area (Å²) in [7, 11) is 0. The molecule has 0 unspecified atom stereocenters. The Labute approximate surface area is 94.8 Å². The van der Waals surface area contributed by atoms with Crippen LogP contribution >= 0.6 is 0 Å². The molecule has 3 nitrogen and oxygen atoms in total. The number of hydrogen-bond acceptors (Lipinski definition) is 3. The van der Waals surface area contributed by atoms with Crippen LogP contribution in [-0.2, 0) is 6.42 Å². The molecule has 0 saturated carbocycles. The molecule has 0 aliphatic rings. The number of hydrogen-bond donors (Lipinski definition) is 1. The van der Waals surface area contributed by atoms with Crippen molar-refractivity contribution in [3.8, 4) is 11.5 Å². The molecular weight excluding hydrogens is 202 g/mol. The fourth-order valence-corrected chi connectivity index (χ4v) is 1.58. The normalized spacial score (nSPS) is 10.6. The quantitative estimate of drug-likeness (QED) is 0.856. The van der Waals surface area contributed by atoms with Crippen LogP contribution in [0.2, 0.25) is 0 Å². The monoisotopic (exact) mass is 217 g/mol. The zero-order valence-electron chi connectivity index (χ0n) is 9.31. The van der Waals surface area contributed by atoms with E-state index < -0.39 is 0 Å². The van der Waals surface area contributed by atoms with Gasteiger partial charge in [0.15, 0.2) is 0 Å². The highest BCUT2D eigenvalue weighted by molar-refractivity contribution is 5.53. The van der Waals surface area contributed by atoms with Gasteiger partial charge in [-0.3, -0.25) is 0 Å². The number of oxazole rings is 1. The highest BCUT2D eigenvalue weighted by Crippen LogP contribution is 2.19. The van der Waals surface area contributed by atoms with E-state index in [0.29, 0.717) is 5.89 Å². The number of rotatable bonds is 4. The van der Waals surface area contributed by atoms with E-state index in [-0.39, 0.29) is 6.61 Å². The van der Waals surface area contributed by atoms with Crippen molar-refractivity contribution in [2.45, 2.75) is 19.8 Å². The topological polar surface area (TPSA) is 46.3 Å². The van der Waals surface area contributed by atoms with E-state index in [9.17, 15) is 0 Å². The Morgan fingerprint density at radius 3 is 2.56 bits per heavy atom. The minimum Gasteiger partial charge on any atom is -0.444 e. The van der Waals surface area contributed by atoms with Crippen LogP contribution in [0.1, 0.15) is 17.7 Å². The van der Waals surface area contributed by atoms with E-state index in [0.717, 1.165) is 24.1 Å². The number of aromatic nitrogens is 1. The molecule has 0 saturated heterocycles. The minimum atomic E-state index is 0.237. The lowest BCUT2D eigenvalue weighted by Gasteiger charge is -2.00. The average Bonchev–Trinajstić information content (AvgIpc) is 2.74. The van der Waals surface area contributed by atoms with Crippen LogP contribution in [0.3, 0.4) is 0 Å². The molecule has 0 fully saturated rings. The number of aryl methyl sites for hydroxylation is 2. The molecule has 1 aromatic carbocycles. The van der Waals surface area contributed by atoms with Crippen LogP contribution in [0.25, 0.3) is 11.5 Å². The Morgan fingerprint density at radius 1 is 1.25 bits per heavy atom. The molecule has 0 aliphatic carbocycles. The molecule has 1 heterocycles. The van der Waals surface area contributed by atoms with Gasteiger partial charge in [-0.15, -0.1) is 0 Å². The first-order valence-electron chi connectivity index (χ1n) is 5.42. The van der Waals surface area contributed by atoms with E-state index in [1.54, 1.807) is 6.26 Å². The van der Waals surface area contributed by atoms with Crippen molar-refractivity contribution in [2.24, 2.45) is 0 Å². The van der Waals surface area contributed by atoms with Crippen molar-refractivity contribution in [1.29, 1.82) is 0 Å². The van der Waals surface area contributed by atoms with Crippen molar-refractivity contribution < 1.29 is 9.52 Å². The molecule has 3 heteroatoms. The molecule has 0 amide bonds. The Hall–Kier alpha value is -1.61. The molecule has 1 aromatic heterocycles. The molecular formula is C13H15NO2. The van der Waals surface area contributed by atoms with Crippen LogP contribution in [-0.4, -0.2) is 16.7 Å². The van der Waals surface area contributed by atoms with Crippen LogP contribution in [0, 0.1) is 6.92 Å². The third-order valence-corrected chi connectivity index (χ3v) is 2.44. The summed E-state index contributed by atoms with van der Waals surface area (Å²) in [4.78, 5) is 4.27. The smallest absolute Gasteiger partial charge is 0.226 e. The van der Waals surface area contributed by atoms with Crippen molar-refractivity contribution >= 4 is 0 Å². The second-order valence-corrected chi connectivity index (χ2v) is 3.82. The lowest BCUT2D eigenvalue weighted by molar-refractivity contribution is 0.288. The summed E-state index contributed by atoms with van der Waals surface area (Å²) in [6.45, 7) is 2.14. The molecule has 0 radical (unpaired) electrons. The molecule has 0 bridgehead atoms. The van der Waals surface area contributed by atoms with Crippen molar-refractivity contribution in [2.75, 3.05) is 6.61 Å². The number of aliphatic hydroxyl groups excluding tert-OH is 1. The molecule has 16 heavy (non-hydrogen) atoms. The number of aliphatic hydroxyl groups is 1. The van der Waals surface area contributed by atoms with Crippen molar-refractivity contribution in [3.63, 3.8) is 0 Å². The van der Waals surface area contributed by atoms with Gasteiger partial charge in [0.2, 0.25) is 5.89 Å². The second-order valence-electron chi connectivity index (χ2n) is 3.82. The molecule has 2 aromatic rings. The maximum atomic E-state index is 8.74. The van der Waals surface area contributed by atoms with Gasteiger partial charge in [-0.2, -0.15) is 0 Å². The molecule has 0 atom stereocenters. The first-order valence-corrected chi connectivity index (χ1v) is 5.42. The van der Waals surface area contributed by atoms with Crippen LogP contribution in [0.15, 0.2) is 34.9 Å². The van der Waals surface area contributed by atoms with Gasteiger partial charge in [0.05, 0.1) is 5.69 Å². The summed E-state index contributed by atoms with van der Waals surface area (Å²) in [6.07, 6.45) is 3.36. The van der Waals surface area contributed by atoms with Crippen molar-refractivity contribution in [3.05, 3.63) is 41.8 Å². The minimum absolute atomic E-state index is 0.237. The molecule has 0 spiro atoms. The Balaban J connectivity index is 2.13. The van der Waals surface area contributed by atoms with E-state index in [4.69, 9.17) is 9.52 Å². The summed E-state index contributed by atoms with van der Waals surface area (Å²) in [5.74, 6) is 0.659. The molecule has 84 valence electrons. The van der Waals surface area contributed by atoms with Crippen LogP contribution in [0.4, 0.5) is 0 Å². The van der Waals surface area contributed by atoms with Gasteiger partial charge < -0.3 is 9.52 Å². The average molecular weight is 217 g/mol. The van der Waals surface area contributed by atoms with E-state index >= 15 is 0 Å². The second kappa shape index (κ2) is 4.94. The van der Waals surface area contributed by atoms with Gasteiger partial charge in [-0.1, -0.05) is 12.1 Å². The zero-order valence-corrected chi connectivity index (χ0v) is 9.31. The predicted octanol–water partition coefficient (Wildman–Crippen LogP) is 2.57. The predicted molar refractivity (Wildman–Crippen MR) is 62.1 cm³/mol. The Morgan fingerprint density at radius 2 is 2.00 bits per heavy atom. The summed E-state index contributed by atoms with van der Waals surface area (Å²) in [6, 6.07) is 8.09. The van der Waals surface area contributed by atoms with Gasteiger partial charge in [-0.05, 0) is 37.5 Å². The third kappa shape index (κ3) is 2.49. The zero-order chi connectivity index (χ0) is 11.4. The lowest BCUT2D eigenvalue weighted by atomic mass is 10.1. The maximum Gasteiger partial charge on any atom is 0.226 e. The van der Waals surface area contributed by atoms with Gasteiger partial charge in [0.25, 0.3) is 0 Å². The Bertz CT molecular complexity index is 445. The standard InChI is InChI=1S/C13H15NO2/c1-10-9-16-13(14-10)12-6-4-11(5-7-12)3-2-8-15/h4-7,9,15H,2-3,8H2,1H3. The molecule has 1 N–H and O–H groups in total. The van der Waals surface area contributed by atoms with Crippen molar-refractivity contribution in [1.82, 2.24) is 4.98 Å². The largest absolute Gasteiger partial charge is 0.444 e. The summed E-state index contributed by atoms with van der Waals surface area (Å²) in [5.41, 5.74) is 3.10. The first kappa shape index (κ1) is 10.9. The molecule has 2 rings (SSSR count). The SMILES string of the molecule is Cc1coc(-c2ccc(CCCO)cc2)n1. The summed E-state index contributed by atoms with van der Waals surface area (Å²) in [5, 5.41) is 8.74. The van der Waals surface area contributed by atoms with Gasteiger partial charge in [0, 0.05) is 12.2 Å². The van der Waals surface area contributed by atoms with E-state index in [1.807, 2.05) is 31.2 Å². The van der Waals surface area contributed by atoms with Gasteiger partial charge in [-0.25, -0.2) is 4.98 Å². The number of nitrogens with zero attached hydrogens (tertiary/aromatic N) is 1. The molecule has 0 aliphatic heterocycles. The van der Waals surface area contributed by atoms with E-state index in [2.05, 4.69) is 4.98 Å². The highest BCUT2D eigenvalue weighted by Gasteiger charge is 2.03. The fraction of sp³-hybridized carbons (Fsp3) is 0.308. The highest BCUT2D eigenvalue weighted by atomic mass is 16.3. The van der Waals surface area contributed by atoms with Gasteiger partial charge >= 0.3 is 0 Å². The fourth-order valence-electron chi connectivity index (χ4n) is 1.58. The van der Waals surface area contributed by atoms with Crippen LogP contribution in [0.5, 0.6) is 0 Å². The number of benzene rings is 1. The third-order valence-electron chi connectivity index (χ3n) is 2.44. The Kier molecular flexibility index (Phi) is 3.37. The van der Waals surface area contributed by atoms with Crippen LogP contribution < -0.4 is 0 Å². The first-order chi connectivity index (χ1) is 7.79. The van der Waals surface area contributed by atoms with Gasteiger partial charge in [0.1, 0.15) is 6.26 Å². The summed E-state index contributed by atoms with van der Waals surface area (Å²) < 4.78 is 5.32.